The fourth-order valence-corrected chi connectivity index (χ4v) is 2.25. The number of carbonyl (C=O) groups is 1. The Morgan fingerprint density at radius 2 is 2.00 bits per heavy atom. The van der Waals surface area contributed by atoms with Gasteiger partial charge >= 0.3 is 6.61 Å². The third-order valence-corrected chi connectivity index (χ3v) is 3.07. The molecule has 1 aliphatic carbocycles. The lowest BCUT2D eigenvalue weighted by molar-refractivity contribution is -0.0498. The van der Waals surface area contributed by atoms with Gasteiger partial charge < -0.3 is 4.74 Å². The van der Waals surface area contributed by atoms with Crippen LogP contribution in [0.15, 0.2) is 24.3 Å². The number of hydrogen-bond acceptors (Lipinski definition) is 2. The highest BCUT2D eigenvalue weighted by Gasteiger charge is 2.24. The Hall–Kier alpha value is -1.45. The summed E-state index contributed by atoms with van der Waals surface area (Å²) < 4.78 is 28.4. The first-order chi connectivity index (χ1) is 8.16. The minimum Gasteiger partial charge on any atom is -0.435 e. The molecule has 0 radical (unpaired) electrons. The highest BCUT2D eigenvalue weighted by molar-refractivity contribution is 5.98. The molecule has 0 unspecified atom stereocenters. The Morgan fingerprint density at radius 3 is 2.65 bits per heavy atom. The van der Waals surface area contributed by atoms with E-state index in [-0.39, 0.29) is 17.5 Å². The number of ether oxygens (including phenoxy) is 1. The molecular formula is C13H14F2O2. The van der Waals surface area contributed by atoms with Gasteiger partial charge in [0.1, 0.15) is 5.75 Å². The van der Waals surface area contributed by atoms with Crippen LogP contribution in [0, 0.1) is 5.92 Å². The third kappa shape index (κ3) is 3.02. The molecule has 2 nitrogen and oxygen atoms in total. The molecule has 1 fully saturated rings. The van der Waals surface area contributed by atoms with E-state index in [1.807, 2.05) is 0 Å². The van der Waals surface area contributed by atoms with Crippen LogP contribution in [0.5, 0.6) is 5.75 Å². The molecule has 0 aliphatic heterocycles. The molecule has 1 aromatic carbocycles. The van der Waals surface area contributed by atoms with Gasteiger partial charge in [-0.1, -0.05) is 25.0 Å². The van der Waals surface area contributed by atoms with Crippen LogP contribution in [0.25, 0.3) is 0 Å². The highest BCUT2D eigenvalue weighted by atomic mass is 19.3. The maximum Gasteiger partial charge on any atom is 0.387 e. The average Bonchev–Trinajstić information content (AvgIpc) is 2.81. The number of ketones is 1. The summed E-state index contributed by atoms with van der Waals surface area (Å²) in [5.41, 5.74) is 0.468. The normalized spacial score (nSPS) is 16.4. The molecule has 0 atom stereocenters. The van der Waals surface area contributed by atoms with Crippen LogP contribution in [-0.2, 0) is 0 Å². The van der Waals surface area contributed by atoms with E-state index in [1.165, 1.54) is 12.1 Å². The molecule has 0 aromatic heterocycles. The molecule has 92 valence electrons. The maximum atomic E-state index is 12.0. The van der Waals surface area contributed by atoms with Crippen LogP contribution in [0.1, 0.15) is 36.0 Å². The van der Waals surface area contributed by atoms with Gasteiger partial charge in [-0.3, -0.25) is 4.79 Å². The van der Waals surface area contributed by atoms with Gasteiger partial charge in [0.2, 0.25) is 0 Å². The van der Waals surface area contributed by atoms with Crippen molar-refractivity contribution in [3.8, 4) is 5.75 Å². The van der Waals surface area contributed by atoms with Crippen molar-refractivity contribution in [2.24, 2.45) is 5.92 Å². The van der Waals surface area contributed by atoms with E-state index in [9.17, 15) is 13.6 Å². The lowest BCUT2D eigenvalue weighted by Crippen LogP contribution is -2.11. The van der Waals surface area contributed by atoms with Crippen molar-refractivity contribution in [1.29, 1.82) is 0 Å². The number of benzene rings is 1. The molecular weight excluding hydrogens is 226 g/mol. The van der Waals surface area contributed by atoms with E-state index >= 15 is 0 Å². The van der Waals surface area contributed by atoms with Crippen molar-refractivity contribution >= 4 is 5.78 Å². The van der Waals surface area contributed by atoms with E-state index in [0.717, 1.165) is 25.7 Å². The minimum absolute atomic E-state index is 0.0437. The van der Waals surface area contributed by atoms with E-state index in [0.29, 0.717) is 5.56 Å². The van der Waals surface area contributed by atoms with E-state index in [1.54, 1.807) is 12.1 Å². The summed E-state index contributed by atoms with van der Waals surface area (Å²) in [6.07, 6.45) is 3.95. The molecule has 17 heavy (non-hydrogen) atoms. The summed E-state index contributed by atoms with van der Waals surface area (Å²) in [7, 11) is 0. The fraction of sp³-hybridized carbons (Fsp3) is 0.462. The number of Topliss-reactive ketones (excluding diaryl/α,β-unsaturated/α-hetero) is 1. The lowest BCUT2D eigenvalue weighted by Gasteiger charge is -2.09. The van der Waals surface area contributed by atoms with Gasteiger partial charge in [0, 0.05) is 11.5 Å². The van der Waals surface area contributed by atoms with Gasteiger partial charge in [-0.25, -0.2) is 0 Å². The molecule has 0 amide bonds. The van der Waals surface area contributed by atoms with Gasteiger partial charge in [0.05, 0.1) is 0 Å². The summed E-state index contributed by atoms with van der Waals surface area (Å²) in [6.45, 7) is -2.85. The van der Waals surface area contributed by atoms with Crippen LogP contribution < -0.4 is 4.74 Å². The number of halogens is 2. The summed E-state index contributed by atoms with van der Waals surface area (Å²) in [5, 5.41) is 0. The first kappa shape index (κ1) is 12.0. The van der Waals surface area contributed by atoms with Crippen molar-refractivity contribution in [2.75, 3.05) is 0 Å². The molecule has 1 aliphatic rings. The predicted molar refractivity (Wildman–Crippen MR) is 59.4 cm³/mol. The largest absolute Gasteiger partial charge is 0.435 e. The number of carbonyl (C=O) groups excluding carboxylic acids is 1. The first-order valence-corrected chi connectivity index (χ1v) is 5.76. The molecule has 0 spiro atoms. The van der Waals surface area contributed by atoms with Crippen molar-refractivity contribution in [2.45, 2.75) is 32.3 Å². The van der Waals surface area contributed by atoms with Crippen LogP contribution in [0.2, 0.25) is 0 Å². The minimum atomic E-state index is -2.85. The smallest absolute Gasteiger partial charge is 0.387 e. The fourth-order valence-electron chi connectivity index (χ4n) is 2.25. The Morgan fingerprint density at radius 1 is 1.29 bits per heavy atom. The molecule has 0 saturated heterocycles. The van der Waals surface area contributed by atoms with Crippen LogP contribution in [-0.4, -0.2) is 12.4 Å². The number of rotatable bonds is 4. The van der Waals surface area contributed by atoms with Gasteiger partial charge in [-0.2, -0.15) is 8.78 Å². The Bertz CT molecular complexity index is 398. The van der Waals surface area contributed by atoms with Crippen molar-refractivity contribution < 1.29 is 18.3 Å². The molecule has 0 bridgehead atoms. The predicted octanol–water partition coefficient (Wildman–Crippen LogP) is 3.66. The highest BCUT2D eigenvalue weighted by Crippen LogP contribution is 2.29. The molecule has 1 aromatic rings. The van der Waals surface area contributed by atoms with Crippen LogP contribution in [0.4, 0.5) is 8.78 Å². The van der Waals surface area contributed by atoms with Gasteiger partial charge in [-0.15, -0.1) is 0 Å². The zero-order valence-electron chi connectivity index (χ0n) is 9.36. The van der Waals surface area contributed by atoms with Gasteiger partial charge in [0.15, 0.2) is 5.78 Å². The van der Waals surface area contributed by atoms with Crippen molar-refractivity contribution in [3.05, 3.63) is 29.8 Å². The second-order valence-corrected chi connectivity index (χ2v) is 4.25. The van der Waals surface area contributed by atoms with Crippen molar-refractivity contribution in [1.82, 2.24) is 0 Å². The third-order valence-electron chi connectivity index (χ3n) is 3.07. The number of alkyl halides is 2. The lowest BCUT2D eigenvalue weighted by atomic mass is 9.96. The summed E-state index contributed by atoms with van der Waals surface area (Å²) >= 11 is 0. The second kappa shape index (κ2) is 5.25. The zero-order chi connectivity index (χ0) is 12.3. The first-order valence-electron chi connectivity index (χ1n) is 5.76. The van der Waals surface area contributed by atoms with Gasteiger partial charge in [-0.05, 0) is 25.0 Å². The Kier molecular flexibility index (Phi) is 3.71. The standard InChI is InChI=1S/C13H14F2O2/c14-13(15)17-11-7-3-6-10(8-11)12(16)9-4-1-2-5-9/h3,6-9,13H,1-2,4-5H2. The van der Waals surface area contributed by atoms with E-state index in [2.05, 4.69) is 4.74 Å². The Balaban J connectivity index is 2.12. The molecule has 1 saturated carbocycles. The average molecular weight is 240 g/mol. The van der Waals surface area contributed by atoms with Crippen LogP contribution >= 0.6 is 0 Å². The summed E-state index contributed by atoms with van der Waals surface area (Å²) in [5.74, 6) is 0.142. The molecule has 4 heteroatoms. The molecule has 2 rings (SSSR count). The maximum absolute atomic E-state index is 12.0. The molecule has 0 heterocycles. The topological polar surface area (TPSA) is 26.3 Å². The quantitative estimate of drug-likeness (QED) is 0.751. The SMILES string of the molecule is O=C(c1cccc(OC(F)F)c1)C1CCCC1. The van der Waals surface area contributed by atoms with E-state index in [4.69, 9.17) is 0 Å². The van der Waals surface area contributed by atoms with Crippen LogP contribution in [0.3, 0.4) is 0 Å². The van der Waals surface area contributed by atoms with Gasteiger partial charge in [0.25, 0.3) is 0 Å². The second-order valence-electron chi connectivity index (χ2n) is 4.25. The number of hydrogen-bond donors (Lipinski definition) is 0. The monoisotopic (exact) mass is 240 g/mol. The zero-order valence-corrected chi connectivity index (χ0v) is 9.36. The summed E-state index contributed by atoms with van der Waals surface area (Å²) in [6, 6.07) is 6.04. The van der Waals surface area contributed by atoms with E-state index < -0.39 is 6.61 Å². The summed E-state index contributed by atoms with van der Waals surface area (Å²) in [4.78, 5) is 12.0. The molecule has 0 N–H and O–H groups in total. The van der Waals surface area contributed by atoms with Crippen molar-refractivity contribution in [3.63, 3.8) is 0 Å². The Labute approximate surface area is 98.6 Å².